The van der Waals surface area contributed by atoms with E-state index >= 15 is 0 Å². The molecule has 0 spiro atoms. The molecule has 2 rings (SSSR count). The predicted octanol–water partition coefficient (Wildman–Crippen LogP) is 3.39. The van der Waals surface area contributed by atoms with Crippen LogP contribution < -0.4 is 10.1 Å². The highest BCUT2D eigenvalue weighted by atomic mass is 35.5. The first kappa shape index (κ1) is 19.3. The van der Waals surface area contributed by atoms with Gasteiger partial charge in [-0.2, -0.15) is 0 Å². The second kappa shape index (κ2) is 8.36. The number of carbonyl (C=O) groups is 1. The van der Waals surface area contributed by atoms with E-state index < -0.39 is 9.84 Å². The van der Waals surface area contributed by atoms with Gasteiger partial charge in [0.1, 0.15) is 5.75 Å². The highest BCUT2D eigenvalue weighted by Crippen LogP contribution is 2.20. The van der Waals surface area contributed by atoms with E-state index in [1.54, 1.807) is 48.5 Å². The second-order valence-electron chi connectivity index (χ2n) is 5.62. The number of carbonyl (C=O) groups excluding carboxylic acids is 1. The van der Waals surface area contributed by atoms with Crippen molar-refractivity contribution in [2.75, 3.05) is 12.9 Å². The summed E-state index contributed by atoms with van der Waals surface area (Å²) in [4.78, 5) is 12.4. The van der Waals surface area contributed by atoms with Gasteiger partial charge in [0.15, 0.2) is 16.4 Å². The fourth-order valence-corrected chi connectivity index (χ4v) is 3.12. The zero-order valence-corrected chi connectivity index (χ0v) is 15.6. The van der Waals surface area contributed by atoms with Crippen LogP contribution in [0.15, 0.2) is 53.4 Å². The zero-order valence-electron chi connectivity index (χ0n) is 14.0. The molecule has 0 radical (unpaired) electrons. The van der Waals surface area contributed by atoms with Crippen molar-refractivity contribution in [2.45, 2.75) is 24.3 Å². The molecule has 1 atom stereocenters. The summed E-state index contributed by atoms with van der Waals surface area (Å²) in [6.07, 6.45) is 1.83. The van der Waals surface area contributed by atoms with E-state index in [2.05, 4.69) is 5.32 Å². The Morgan fingerprint density at radius 2 is 1.88 bits per heavy atom. The average molecular weight is 382 g/mol. The summed E-state index contributed by atoms with van der Waals surface area (Å²) in [6, 6.07) is 13.1. The van der Waals surface area contributed by atoms with Crippen LogP contribution in [0.5, 0.6) is 5.75 Å². The number of benzene rings is 2. The van der Waals surface area contributed by atoms with E-state index in [0.717, 1.165) is 11.8 Å². The molecule has 5 nitrogen and oxygen atoms in total. The van der Waals surface area contributed by atoms with Crippen LogP contribution >= 0.6 is 11.6 Å². The van der Waals surface area contributed by atoms with Crippen molar-refractivity contribution in [2.24, 2.45) is 0 Å². The van der Waals surface area contributed by atoms with Gasteiger partial charge in [-0.3, -0.25) is 4.79 Å². The van der Waals surface area contributed by atoms with Crippen LogP contribution in [0.25, 0.3) is 0 Å². The quantitative estimate of drug-likeness (QED) is 0.797. The fraction of sp³-hybridized carbons (Fsp3) is 0.278. The van der Waals surface area contributed by atoms with Gasteiger partial charge in [-0.25, -0.2) is 8.42 Å². The van der Waals surface area contributed by atoms with E-state index in [-0.39, 0.29) is 23.5 Å². The van der Waals surface area contributed by atoms with Gasteiger partial charge in [-0.05, 0) is 42.3 Å². The molecule has 0 fully saturated rings. The van der Waals surface area contributed by atoms with Gasteiger partial charge in [0.2, 0.25) is 0 Å². The minimum absolute atomic E-state index is 0.127. The average Bonchev–Trinajstić information content (AvgIpc) is 2.57. The van der Waals surface area contributed by atoms with Crippen LogP contribution in [0.4, 0.5) is 0 Å². The molecule has 0 saturated carbocycles. The lowest BCUT2D eigenvalue weighted by Gasteiger charge is -2.18. The molecule has 0 aliphatic heterocycles. The molecule has 0 aromatic heterocycles. The summed E-state index contributed by atoms with van der Waals surface area (Å²) in [5.41, 5.74) is 0.839. The minimum Gasteiger partial charge on any atom is -0.484 e. The summed E-state index contributed by atoms with van der Waals surface area (Å²) in [7, 11) is -3.24. The fourth-order valence-electron chi connectivity index (χ4n) is 2.31. The van der Waals surface area contributed by atoms with Gasteiger partial charge in [0.25, 0.3) is 5.91 Å². The molecule has 2 aromatic rings. The number of ether oxygens (including phenoxy) is 1. The Morgan fingerprint density at radius 3 is 2.44 bits per heavy atom. The topological polar surface area (TPSA) is 72.5 Å². The molecule has 7 heteroatoms. The Bertz CT molecular complexity index is 834. The molecular formula is C18H20ClNO4S. The first-order valence-corrected chi connectivity index (χ1v) is 10.0. The molecule has 2 aromatic carbocycles. The largest absolute Gasteiger partial charge is 0.484 e. The number of hydrogen-bond acceptors (Lipinski definition) is 4. The Labute approximate surface area is 152 Å². The van der Waals surface area contributed by atoms with E-state index in [4.69, 9.17) is 16.3 Å². The van der Waals surface area contributed by atoms with Crippen LogP contribution in [0, 0.1) is 0 Å². The second-order valence-corrected chi connectivity index (χ2v) is 8.07. The first-order chi connectivity index (χ1) is 11.8. The Balaban J connectivity index is 1.97. The number of sulfone groups is 1. The molecule has 0 aliphatic carbocycles. The maximum atomic E-state index is 12.1. The van der Waals surface area contributed by atoms with Crippen LogP contribution in [0.1, 0.15) is 24.9 Å². The third-order valence-electron chi connectivity index (χ3n) is 3.62. The number of rotatable bonds is 7. The van der Waals surface area contributed by atoms with E-state index in [1.807, 2.05) is 6.92 Å². The van der Waals surface area contributed by atoms with Gasteiger partial charge >= 0.3 is 0 Å². The van der Waals surface area contributed by atoms with Gasteiger partial charge in [0, 0.05) is 11.3 Å². The summed E-state index contributed by atoms with van der Waals surface area (Å²) in [5, 5.41) is 3.42. The minimum atomic E-state index is -3.24. The summed E-state index contributed by atoms with van der Waals surface area (Å²) >= 11 is 5.87. The predicted molar refractivity (Wildman–Crippen MR) is 97.7 cm³/mol. The monoisotopic (exact) mass is 381 g/mol. The highest BCUT2D eigenvalue weighted by molar-refractivity contribution is 7.90. The van der Waals surface area contributed by atoms with Gasteiger partial charge in [-0.1, -0.05) is 36.7 Å². The maximum Gasteiger partial charge on any atom is 0.258 e. The number of nitrogens with one attached hydrogen (secondary N) is 1. The number of hydrogen-bond donors (Lipinski definition) is 1. The number of halogens is 1. The van der Waals surface area contributed by atoms with Crippen molar-refractivity contribution < 1.29 is 17.9 Å². The van der Waals surface area contributed by atoms with Crippen LogP contribution in [-0.2, 0) is 14.6 Å². The lowest BCUT2D eigenvalue weighted by atomic mass is 10.0. The lowest BCUT2D eigenvalue weighted by Crippen LogP contribution is -2.32. The summed E-state index contributed by atoms with van der Waals surface area (Å²) in [6.45, 7) is 1.81. The molecule has 0 heterocycles. The highest BCUT2D eigenvalue weighted by Gasteiger charge is 2.14. The lowest BCUT2D eigenvalue weighted by molar-refractivity contribution is -0.123. The zero-order chi connectivity index (χ0) is 18.4. The molecule has 1 unspecified atom stereocenters. The SMILES string of the molecule is CCC(NC(=O)COc1cccc(Cl)c1)c1ccc(S(C)(=O)=O)cc1. The van der Waals surface area contributed by atoms with Crippen molar-refractivity contribution in [3.63, 3.8) is 0 Å². The molecular weight excluding hydrogens is 362 g/mol. The summed E-state index contributed by atoms with van der Waals surface area (Å²) in [5.74, 6) is 0.257. The van der Waals surface area contributed by atoms with Gasteiger partial charge in [-0.15, -0.1) is 0 Å². The van der Waals surface area contributed by atoms with Gasteiger partial charge in [0.05, 0.1) is 10.9 Å². The third-order valence-corrected chi connectivity index (χ3v) is 4.98. The first-order valence-electron chi connectivity index (χ1n) is 7.77. The molecule has 1 N–H and O–H groups in total. The van der Waals surface area contributed by atoms with Crippen LogP contribution in [-0.4, -0.2) is 27.2 Å². The van der Waals surface area contributed by atoms with Crippen molar-refractivity contribution >= 4 is 27.3 Å². The number of amides is 1. The molecule has 1 amide bonds. The molecule has 0 saturated heterocycles. The van der Waals surface area contributed by atoms with E-state index in [0.29, 0.717) is 17.2 Å². The van der Waals surface area contributed by atoms with Crippen LogP contribution in [0.3, 0.4) is 0 Å². The van der Waals surface area contributed by atoms with E-state index in [9.17, 15) is 13.2 Å². The summed E-state index contributed by atoms with van der Waals surface area (Å²) < 4.78 is 28.4. The Kier molecular flexibility index (Phi) is 6.45. The normalized spacial score (nSPS) is 12.4. The standard InChI is InChI=1S/C18H20ClNO4S/c1-3-17(13-7-9-16(10-8-13)25(2,22)23)20-18(21)12-24-15-6-4-5-14(19)11-15/h4-11,17H,3,12H2,1-2H3,(H,20,21). The van der Waals surface area contributed by atoms with Crippen molar-refractivity contribution in [1.29, 1.82) is 0 Å². The molecule has 0 bridgehead atoms. The van der Waals surface area contributed by atoms with Crippen molar-refractivity contribution in [3.05, 3.63) is 59.1 Å². The van der Waals surface area contributed by atoms with Crippen LogP contribution in [0.2, 0.25) is 5.02 Å². The van der Waals surface area contributed by atoms with Gasteiger partial charge < -0.3 is 10.1 Å². The molecule has 134 valence electrons. The molecule has 0 aliphatic rings. The Hall–Kier alpha value is -2.05. The van der Waals surface area contributed by atoms with E-state index in [1.165, 1.54) is 0 Å². The third kappa shape index (κ3) is 5.76. The van der Waals surface area contributed by atoms with Crippen molar-refractivity contribution in [1.82, 2.24) is 5.32 Å². The smallest absolute Gasteiger partial charge is 0.258 e. The van der Waals surface area contributed by atoms with Crippen molar-refractivity contribution in [3.8, 4) is 5.75 Å². The Morgan fingerprint density at radius 1 is 1.20 bits per heavy atom. The molecule has 25 heavy (non-hydrogen) atoms. The maximum absolute atomic E-state index is 12.1.